The average Bonchev–Trinajstić information content (AvgIpc) is 2.47. The summed E-state index contributed by atoms with van der Waals surface area (Å²) in [4.78, 5) is 10.4. The second kappa shape index (κ2) is 6.71. The van der Waals surface area contributed by atoms with Crippen LogP contribution >= 0.6 is 0 Å². The molecule has 1 radical (unpaired) electrons. The highest BCUT2D eigenvalue weighted by molar-refractivity contribution is 5.58. The van der Waals surface area contributed by atoms with Crippen molar-refractivity contribution in [3.8, 4) is 5.75 Å². The lowest BCUT2D eigenvalue weighted by Gasteiger charge is -2.08. The van der Waals surface area contributed by atoms with Crippen LogP contribution < -0.4 is 10.5 Å². The van der Waals surface area contributed by atoms with E-state index in [0.29, 0.717) is 13.0 Å². The van der Waals surface area contributed by atoms with Crippen LogP contribution in [-0.4, -0.2) is 12.3 Å². The van der Waals surface area contributed by atoms with Crippen molar-refractivity contribution in [3.05, 3.63) is 65.7 Å². The van der Waals surface area contributed by atoms with E-state index in [2.05, 4.69) is 0 Å². The van der Waals surface area contributed by atoms with E-state index in [-0.39, 0.29) is 0 Å². The predicted octanol–water partition coefficient (Wildman–Crippen LogP) is 2.25. The maximum Gasteiger partial charge on any atom is 0.217 e. The summed E-state index contributed by atoms with van der Waals surface area (Å²) in [6, 6.07) is 17.0. The molecule has 0 saturated heterocycles. The van der Waals surface area contributed by atoms with Crippen LogP contribution in [0, 0.1) is 0 Å². The van der Waals surface area contributed by atoms with Crippen molar-refractivity contribution >= 4 is 6.29 Å². The van der Waals surface area contributed by atoms with Crippen molar-refractivity contribution in [2.75, 3.05) is 0 Å². The van der Waals surface area contributed by atoms with Gasteiger partial charge >= 0.3 is 0 Å². The molecule has 0 aromatic heterocycles. The van der Waals surface area contributed by atoms with Crippen molar-refractivity contribution in [1.29, 1.82) is 0 Å². The Bertz CT molecular complexity index is 508. The number of hydrogen-bond acceptors (Lipinski definition) is 3. The van der Waals surface area contributed by atoms with Crippen molar-refractivity contribution in [2.24, 2.45) is 5.73 Å². The Morgan fingerprint density at radius 2 is 1.68 bits per heavy atom. The Kier molecular flexibility index (Phi) is 4.70. The molecule has 2 rings (SSSR count). The van der Waals surface area contributed by atoms with Gasteiger partial charge in [-0.1, -0.05) is 42.5 Å². The van der Waals surface area contributed by atoms with E-state index >= 15 is 0 Å². The first-order valence-corrected chi connectivity index (χ1v) is 6.17. The molecule has 1 atom stereocenters. The van der Waals surface area contributed by atoms with E-state index in [9.17, 15) is 4.79 Å². The lowest BCUT2D eigenvalue weighted by molar-refractivity contribution is 0.306. The highest BCUT2D eigenvalue weighted by Gasteiger charge is 2.03. The number of ether oxygens (including phenoxy) is 1. The van der Waals surface area contributed by atoms with Gasteiger partial charge in [-0.2, -0.15) is 0 Å². The maximum absolute atomic E-state index is 10.4. The molecule has 0 saturated carbocycles. The highest BCUT2D eigenvalue weighted by Crippen LogP contribution is 2.14. The Hall–Kier alpha value is -2.13. The molecule has 0 bridgehead atoms. The fourth-order valence-corrected chi connectivity index (χ4v) is 1.76. The van der Waals surface area contributed by atoms with E-state index in [0.717, 1.165) is 16.9 Å². The van der Waals surface area contributed by atoms with Crippen LogP contribution in [-0.2, 0) is 17.8 Å². The van der Waals surface area contributed by atoms with Gasteiger partial charge in [-0.05, 0) is 29.7 Å². The van der Waals surface area contributed by atoms with Crippen molar-refractivity contribution in [2.45, 2.75) is 19.1 Å². The Morgan fingerprint density at radius 1 is 1.00 bits per heavy atom. The summed E-state index contributed by atoms with van der Waals surface area (Å²) in [7, 11) is 0. The second-order valence-corrected chi connectivity index (χ2v) is 4.35. The molecule has 3 heteroatoms. The average molecular weight is 254 g/mol. The maximum atomic E-state index is 10.4. The van der Waals surface area contributed by atoms with Gasteiger partial charge in [0.15, 0.2) is 0 Å². The van der Waals surface area contributed by atoms with E-state index in [1.165, 1.54) is 0 Å². The Balaban J connectivity index is 1.90. The fraction of sp³-hybridized carbons (Fsp3) is 0.188. The van der Waals surface area contributed by atoms with Crippen LogP contribution in [0.4, 0.5) is 0 Å². The lowest BCUT2D eigenvalue weighted by atomic mass is 10.1. The highest BCUT2D eigenvalue weighted by atomic mass is 16.5. The first kappa shape index (κ1) is 13.3. The first-order valence-electron chi connectivity index (χ1n) is 6.17. The van der Waals surface area contributed by atoms with Gasteiger partial charge in [0.05, 0.1) is 6.04 Å². The molecular formula is C16H16NO2. The van der Waals surface area contributed by atoms with Crippen LogP contribution in [0.2, 0.25) is 0 Å². The smallest absolute Gasteiger partial charge is 0.217 e. The topological polar surface area (TPSA) is 52.3 Å². The second-order valence-electron chi connectivity index (χ2n) is 4.35. The Labute approximate surface area is 113 Å². The summed E-state index contributed by atoms with van der Waals surface area (Å²) in [6.07, 6.45) is 2.27. The summed E-state index contributed by atoms with van der Waals surface area (Å²) >= 11 is 0. The third-order valence-corrected chi connectivity index (χ3v) is 2.78. The zero-order chi connectivity index (χ0) is 13.5. The third-order valence-electron chi connectivity index (χ3n) is 2.78. The van der Waals surface area contributed by atoms with E-state index in [1.54, 1.807) is 6.29 Å². The molecule has 2 aromatic carbocycles. The zero-order valence-electron chi connectivity index (χ0n) is 10.6. The van der Waals surface area contributed by atoms with Gasteiger partial charge in [0.25, 0.3) is 0 Å². The van der Waals surface area contributed by atoms with Crippen LogP contribution in [0.3, 0.4) is 0 Å². The van der Waals surface area contributed by atoms with Gasteiger partial charge in [0.1, 0.15) is 12.4 Å². The van der Waals surface area contributed by atoms with Crippen LogP contribution in [0.15, 0.2) is 54.6 Å². The van der Waals surface area contributed by atoms with Gasteiger partial charge in [0.2, 0.25) is 6.29 Å². The minimum Gasteiger partial charge on any atom is -0.489 e. The number of nitrogens with two attached hydrogens (primary N) is 1. The lowest BCUT2D eigenvalue weighted by Crippen LogP contribution is -2.23. The first-order chi connectivity index (χ1) is 9.28. The fourth-order valence-electron chi connectivity index (χ4n) is 1.76. The van der Waals surface area contributed by atoms with E-state index < -0.39 is 6.04 Å². The molecule has 0 amide bonds. The molecule has 2 N–H and O–H groups in total. The third kappa shape index (κ3) is 4.23. The largest absolute Gasteiger partial charge is 0.489 e. The number of carbonyl (C=O) groups excluding carboxylic acids is 1. The van der Waals surface area contributed by atoms with Crippen LogP contribution in [0.5, 0.6) is 5.75 Å². The molecule has 2 aromatic rings. The van der Waals surface area contributed by atoms with Gasteiger partial charge in [-0.25, -0.2) is 0 Å². The van der Waals surface area contributed by atoms with E-state index in [1.807, 2.05) is 54.6 Å². The summed E-state index contributed by atoms with van der Waals surface area (Å²) in [5.74, 6) is 0.802. The van der Waals surface area contributed by atoms with E-state index in [4.69, 9.17) is 10.5 Å². The van der Waals surface area contributed by atoms with Crippen LogP contribution in [0.1, 0.15) is 11.1 Å². The Morgan fingerprint density at radius 3 is 2.32 bits per heavy atom. The number of hydrogen-bond donors (Lipinski definition) is 1. The SMILES string of the molecule is NC([C]=O)Cc1ccc(OCc2ccccc2)cc1. The molecule has 0 aliphatic carbocycles. The summed E-state index contributed by atoms with van der Waals surface area (Å²) in [5.41, 5.74) is 7.65. The molecule has 1 unspecified atom stereocenters. The molecule has 97 valence electrons. The molecule has 19 heavy (non-hydrogen) atoms. The van der Waals surface area contributed by atoms with Gasteiger partial charge < -0.3 is 10.5 Å². The minimum atomic E-state index is -0.559. The van der Waals surface area contributed by atoms with Crippen molar-refractivity contribution in [3.63, 3.8) is 0 Å². The molecule has 0 heterocycles. The van der Waals surface area contributed by atoms with Gasteiger partial charge in [-0.15, -0.1) is 0 Å². The molecule has 0 aliphatic heterocycles. The summed E-state index contributed by atoms with van der Waals surface area (Å²) in [6.45, 7) is 0.543. The normalized spacial score (nSPS) is 11.8. The summed E-state index contributed by atoms with van der Waals surface area (Å²) < 4.78 is 5.67. The molecule has 0 spiro atoms. The molecule has 0 fully saturated rings. The number of benzene rings is 2. The van der Waals surface area contributed by atoms with Crippen molar-refractivity contribution < 1.29 is 9.53 Å². The quantitative estimate of drug-likeness (QED) is 0.860. The van der Waals surface area contributed by atoms with Gasteiger partial charge in [-0.3, -0.25) is 4.79 Å². The van der Waals surface area contributed by atoms with Gasteiger partial charge in [0, 0.05) is 0 Å². The minimum absolute atomic E-state index is 0.502. The summed E-state index contributed by atoms with van der Waals surface area (Å²) in [5, 5.41) is 0. The molecule has 3 nitrogen and oxygen atoms in total. The molecular weight excluding hydrogens is 238 g/mol. The van der Waals surface area contributed by atoms with Crippen LogP contribution in [0.25, 0.3) is 0 Å². The zero-order valence-corrected chi connectivity index (χ0v) is 10.6. The standard InChI is InChI=1S/C16H16NO2/c17-15(11-18)10-13-6-8-16(9-7-13)19-12-14-4-2-1-3-5-14/h1-9,15H,10,12,17H2. The van der Waals surface area contributed by atoms with Crippen molar-refractivity contribution in [1.82, 2.24) is 0 Å². The molecule has 0 aliphatic rings. The predicted molar refractivity (Wildman–Crippen MR) is 74.6 cm³/mol. The number of rotatable bonds is 6. The monoisotopic (exact) mass is 254 g/mol.